The molecule has 0 spiro atoms. The summed E-state index contributed by atoms with van der Waals surface area (Å²) >= 11 is 0. The summed E-state index contributed by atoms with van der Waals surface area (Å²) in [5, 5.41) is 11.9. The lowest BCUT2D eigenvalue weighted by Gasteiger charge is -2.08. The lowest BCUT2D eigenvalue weighted by molar-refractivity contribution is 0.816. The van der Waals surface area contributed by atoms with E-state index in [2.05, 4.69) is 42.1 Å². The highest BCUT2D eigenvalue weighted by Crippen LogP contribution is 2.07. The smallest absolute Gasteiger partial charge is 0.230 e. The van der Waals surface area contributed by atoms with Crippen molar-refractivity contribution in [2.24, 2.45) is 0 Å². The van der Waals surface area contributed by atoms with Crippen LogP contribution in [0.5, 0.6) is 0 Å². The van der Waals surface area contributed by atoms with Crippen molar-refractivity contribution in [3.8, 4) is 12.3 Å². The molecule has 0 atom stereocenters. The fourth-order valence-electron chi connectivity index (χ4n) is 1.08. The molecule has 0 aromatic carbocycles. The van der Waals surface area contributed by atoms with Gasteiger partial charge in [-0.3, -0.25) is 0 Å². The Bertz CT molecular complexity index is 385. The number of hydrogen-bond acceptors (Lipinski definition) is 7. The van der Waals surface area contributed by atoms with Crippen LogP contribution < -0.4 is 21.3 Å². The van der Waals surface area contributed by atoms with E-state index in [4.69, 9.17) is 6.42 Å². The number of likely N-dealkylation sites (N-methyl/N-ethyl adjacent to an activating group) is 1. The Labute approximate surface area is 101 Å². The normalized spacial score (nSPS) is 9.47. The van der Waals surface area contributed by atoms with E-state index < -0.39 is 0 Å². The van der Waals surface area contributed by atoms with Gasteiger partial charge in [0.25, 0.3) is 0 Å². The summed E-state index contributed by atoms with van der Waals surface area (Å²) in [6, 6.07) is 0. The van der Waals surface area contributed by atoms with Crippen LogP contribution in [0.15, 0.2) is 0 Å². The van der Waals surface area contributed by atoms with E-state index in [0.717, 1.165) is 13.1 Å². The van der Waals surface area contributed by atoms with Gasteiger partial charge in [0.1, 0.15) is 0 Å². The molecule has 0 aliphatic rings. The number of hydrogen-bond donors (Lipinski definition) is 4. The molecule has 1 aromatic rings. The van der Waals surface area contributed by atoms with Crippen LogP contribution in [0, 0.1) is 12.3 Å². The van der Waals surface area contributed by atoms with Gasteiger partial charge in [-0.15, -0.1) is 6.42 Å². The first-order valence-electron chi connectivity index (χ1n) is 5.29. The fraction of sp³-hybridized carbons (Fsp3) is 0.500. The second-order valence-electron chi connectivity index (χ2n) is 3.14. The second kappa shape index (κ2) is 7.24. The van der Waals surface area contributed by atoms with E-state index in [9.17, 15) is 0 Å². The van der Waals surface area contributed by atoms with Crippen LogP contribution >= 0.6 is 0 Å². The molecule has 0 bridgehead atoms. The van der Waals surface area contributed by atoms with Crippen molar-refractivity contribution in [3.05, 3.63) is 0 Å². The third-order valence-corrected chi connectivity index (χ3v) is 1.87. The molecule has 0 aliphatic carbocycles. The van der Waals surface area contributed by atoms with Gasteiger partial charge in [0, 0.05) is 20.1 Å². The Kier molecular flexibility index (Phi) is 5.54. The van der Waals surface area contributed by atoms with Gasteiger partial charge in [-0.25, -0.2) is 0 Å². The highest BCUT2D eigenvalue weighted by Gasteiger charge is 2.03. The monoisotopic (exact) mass is 235 g/mol. The molecule has 0 radical (unpaired) electrons. The maximum Gasteiger partial charge on any atom is 0.230 e. The SMILES string of the molecule is C#CCNc1nc(NC)nc(NCCNC)n1. The van der Waals surface area contributed by atoms with Crippen LogP contribution in [0.3, 0.4) is 0 Å². The highest BCUT2D eigenvalue weighted by molar-refractivity contribution is 5.42. The average Bonchev–Trinajstić information content (AvgIpc) is 2.36. The zero-order valence-corrected chi connectivity index (χ0v) is 10.0. The van der Waals surface area contributed by atoms with Crippen LogP contribution in [-0.2, 0) is 0 Å². The van der Waals surface area contributed by atoms with Crippen molar-refractivity contribution in [1.82, 2.24) is 20.3 Å². The Morgan fingerprint density at radius 3 is 2.24 bits per heavy atom. The quantitative estimate of drug-likeness (QED) is 0.377. The third-order valence-electron chi connectivity index (χ3n) is 1.87. The van der Waals surface area contributed by atoms with E-state index in [1.54, 1.807) is 7.05 Å². The van der Waals surface area contributed by atoms with E-state index in [1.807, 2.05) is 7.05 Å². The largest absolute Gasteiger partial charge is 0.357 e. The maximum atomic E-state index is 5.16. The minimum atomic E-state index is 0.378. The summed E-state index contributed by atoms with van der Waals surface area (Å²) in [5.74, 6) is 3.92. The Balaban J connectivity index is 2.71. The first-order chi connectivity index (χ1) is 8.30. The predicted molar refractivity (Wildman–Crippen MR) is 69.1 cm³/mol. The Morgan fingerprint density at radius 2 is 1.65 bits per heavy atom. The van der Waals surface area contributed by atoms with E-state index in [-0.39, 0.29) is 0 Å². The number of rotatable bonds is 7. The number of aromatic nitrogens is 3. The fourth-order valence-corrected chi connectivity index (χ4v) is 1.08. The van der Waals surface area contributed by atoms with Gasteiger partial charge in [-0.05, 0) is 7.05 Å². The van der Waals surface area contributed by atoms with Gasteiger partial charge in [-0.1, -0.05) is 5.92 Å². The van der Waals surface area contributed by atoms with Crippen molar-refractivity contribution in [3.63, 3.8) is 0 Å². The molecule has 0 saturated heterocycles. The molecule has 0 saturated carbocycles. The molecule has 0 fully saturated rings. The molecule has 1 aromatic heterocycles. The van der Waals surface area contributed by atoms with Gasteiger partial charge in [0.15, 0.2) is 0 Å². The summed E-state index contributed by atoms with van der Waals surface area (Å²) in [5.41, 5.74) is 0. The molecule has 1 heterocycles. The highest BCUT2D eigenvalue weighted by atomic mass is 15.3. The minimum absolute atomic E-state index is 0.378. The van der Waals surface area contributed by atoms with Gasteiger partial charge >= 0.3 is 0 Å². The molecule has 7 nitrogen and oxygen atoms in total. The van der Waals surface area contributed by atoms with Gasteiger partial charge < -0.3 is 21.3 Å². The lowest BCUT2D eigenvalue weighted by Crippen LogP contribution is -2.19. The summed E-state index contributed by atoms with van der Waals surface area (Å²) in [6.45, 7) is 1.94. The Morgan fingerprint density at radius 1 is 1.00 bits per heavy atom. The van der Waals surface area contributed by atoms with Crippen LogP contribution in [-0.4, -0.2) is 48.7 Å². The summed E-state index contributed by atoms with van der Waals surface area (Å²) in [6.07, 6.45) is 5.16. The number of terminal acetylenes is 1. The third kappa shape index (κ3) is 4.53. The standard InChI is InChI=1S/C10H17N7/c1-4-5-13-9-15-8(12-3)16-10(17-9)14-7-6-11-2/h1,11H,5-7H2,2-3H3,(H3,12,13,14,15,16,17). The average molecular weight is 235 g/mol. The Hall–Kier alpha value is -2.07. The van der Waals surface area contributed by atoms with Crippen molar-refractivity contribution in [1.29, 1.82) is 0 Å². The second-order valence-corrected chi connectivity index (χ2v) is 3.14. The number of nitrogens with one attached hydrogen (secondary N) is 4. The number of anilines is 3. The molecule has 0 amide bonds. The van der Waals surface area contributed by atoms with Crippen molar-refractivity contribution >= 4 is 17.8 Å². The zero-order valence-electron chi connectivity index (χ0n) is 10.0. The van der Waals surface area contributed by atoms with Gasteiger partial charge in [0.2, 0.25) is 17.8 Å². The van der Waals surface area contributed by atoms with Crippen molar-refractivity contribution in [2.75, 3.05) is 49.7 Å². The van der Waals surface area contributed by atoms with Crippen LogP contribution in [0.4, 0.5) is 17.8 Å². The van der Waals surface area contributed by atoms with E-state index >= 15 is 0 Å². The summed E-state index contributed by atoms with van der Waals surface area (Å²) < 4.78 is 0. The van der Waals surface area contributed by atoms with Crippen LogP contribution in [0.25, 0.3) is 0 Å². The molecule has 17 heavy (non-hydrogen) atoms. The topological polar surface area (TPSA) is 86.8 Å². The molecule has 0 aliphatic heterocycles. The lowest BCUT2D eigenvalue weighted by atomic mass is 10.6. The van der Waals surface area contributed by atoms with Gasteiger partial charge in [-0.2, -0.15) is 15.0 Å². The van der Waals surface area contributed by atoms with Crippen molar-refractivity contribution < 1.29 is 0 Å². The maximum absolute atomic E-state index is 5.16. The molecular formula is C10H17N7. The summed E-state index contributed by atoms with van der Waals surface area (Å²) in [7, 11) is 3.63. The summed E-state index contributed by atoms with van der Waals surface area (Å²) in [4.78, 5) is 12.5. The van der Waals surface area contributed by atoms with Gasteiger partial charge in [0.05, 0.1) is 6.54 Å². The first kappa shape index (κ1) is 13.0. The van der Waals surface area contributed by atoms with Crippen LogP contribution in [0.2, 0.25) is 0 Å². The molecule has 4 N–H and O–H groups in total. The first-order valence-corrected chi connectivity index (χ1v) is 5.29. The number of nitrogens with zero attached hydrogens (tertiary/aromatic N) is 3. The molecule has 1 rings (SSSR count). The predicted octanol–water partition coefficient (Wildman–Crippen LogP) is -0.410. The van der Waals surface area contributed by atoms with E-state index in [1.165, 1.54) is 0 Å². The molecule has 7 heteroatoms. The zero-order chi connectivity index (χ0) is 12.5. The molecule has 0 unspecified atom stereocenters. The van der Waals surface area contributed by atoms with E-state index in [0.29, 0.717) is 24.4 Å². The molecular weight excluding hydrogens is 218 g/mol. The van der Waals surface area contributed by atoms with Crippen molar-refractivity contribution in [2.45, 2.75) is 0 Å². The molecule has 92 valence electrons. The van der Waals surface area contributed by atoms with Crippen LogP contribution in [0.1, 0.15) is 0 Å². The minimum Gasteiger partial charge on any atom is -0.357 e.